The van der Waals surface area contributed by atoms with Gasteiger partial charge in [-0.1, -0.05) is 31.2 Å². The fourth-order valence-corrected chi connectivity index (χ4v) is 2.17. The Balaban J connectivity index is 0.000000221. The van der Waals surface area contributed by atoms with E-state index >= 15 is 0 Å². The van der Waals surface area contributed by atoms with Gasteiger partial charge in [0.05, 0.1) is 0 Å². The highest BCUT2D eigenvalue weighted by molar-refractivity contribution is 5.89. The molecule has 5 nitrogen and oxygen atoms in total. The molecule has 0 heterocycles. The van der Waals surface area contributed by atoms with Gasteiger partial charge in [0.25, 0.3) is 0 Å². The van der Waals surface area contributed by atoms with Gasteiger partial charge in [-0.15, -0.1) is 0 Å². The zero-order valence-corrected chi connectivity index (χ0v) is 11.5. The summed E-state index contributed by atoms with van der Waals surface area (Å²) in [6.45, 7) is 4.35. The highest BCUT2D eigenvalue weighted by Crippen LogP contribution is 2.38. The maximum Gasteiger partial charge on any atom is 0.328 e. The van der Waals surface area contributed by atoms with Crippen molar-refractivity contribution in [1.82, 2.24) is 0 Å². The molecule has 20 heavy (non-hydrogen) atoms. The van der Waals surface area contributed by atoms with Gasteiger partial charge < -0.3 is 15.9 Å². The van der Waals surface area contributed by atoms with E-state index in [1.165, 1.54) is 11.1 Å². The number of rotatable bonds is 2. The van der Waals surface area contributed by atoms with Crippen LogP contribution in [0, 0.1) is 5.92 Å². The first-order chi connectivity index (χ1) is 9.25. The molecule has 0 saturated carbocycles. The van der Waals surface area contributed by atoms with Gasteiger partial charge in [-0.05, 0) is 30.4 Å². The van der Waals surface area contributed by atoms with Gasteiger partial charge in [-0.3, -0.25) is 0 Å². The largest absolute Gasteiger partial charge is 0.478 e. The first-order valence-corrected chi connectivity index (χ1v) is 6.26. The van der Waals surface area contributed by atoms with Crippen molar-refractivity contribution in [2.24, 2.45) is 11.7 Å². The third-order valence-electron chi connectivity index (χ3n) is 3.52. The summed E-state index contributed by atoms with van der Waals surface area (Å²) in [7, 11) is 0. The lowest BCUT2D eigenvalue weighted by atomic mass is 9.88. The average molecular weight is 277 g/mol. The highest BCUT2D eigenvalue weighted by Gasteiger charge is 2.36. The minimum atomic E-state index is -1.26. The molecule has 1 aliphatic carbocycles. The summed E-state index contributed by atoms with van der Waals surface area (Å²) in [6.07, 6.45) is 2.24. The molecular weight excluding hydrogens is 258 g/mol. The molecule has 1 aliphatic rings. The molecule has 5 heteroatoms. The van der Waals surface area contributed by atoms with Crippen LogP contribution in [-0.2, 0) is 21.5 Å². The van der Waals surface area contributed by atoms with Gasteiger partial charge in [-0.2, -0.15) is 0 Å². The Bertz CT molecular complexity index is 518. The molecule has 4 N–H and O–H groups in total. The van der Waals surface area contributed by atoms with Crippen LogP contribution >= 0.6 is 0 Å². The summed E-state index contributed by atoms with van der Waals surface area (Å²) >= 11 is 0. The van der Waals surface area contributed by atoms with Gasteiger partial charge in [-0.25, -0.2) is 9.59 Å². The zero-order chi connectivity index (χ0) is 15.3. The van der Waals surface area contributed by atoms with Crippen LogP contribution in [0.3, 0.4) is 0 Å². The molecule has 0 fully saturated rings. The molecule has 0 aromatic heterocycles. The van der Waals surface area contributed by atoms with Crippen LogP contribution in [-0.4, -0.2) is 22.2 Å². The second kappa shape index (κ2) is 6.34. The molecule has 2 atom stereocenters. The number of carbonyl (C=O) groups is 2. The summed E-state index contributed by atoms with van der Waals surface area (Å²) < 4.78 is 0. The summed E-state index contributed by atoms with van der Waals surface area (Å²) in [6, 6.07) is 8.50. The van der Waals surface area contributed by atoms with Crippen LogP contribution < -0.4 is 5.73 Å². The lowest BCUT2D eigenvalue weighted by molar-refractivity contribution is -0.134. The molecule has 1 aromatic rings. The number of carboxylic acid groups (broad SMARTS) is 2. The molecule has 2 unspecified atom stereocenters. The number of benzene rings is 1. The van der Waals surface area contributed by atoms with Crippen molar-refractivity contribution < 1.29 is 19.8 Å². The van der Waals surface area contributed by atoms with E-state index in [-0.39, 0.29) is 5.54 Å². The number of nitrogens with two attached hydrogens (primary N) is 1. The van der Waals surface area contributed by atoms with E-state index < -0.39 is 11.9 Å². The quantitative estimate of drug-likeness (QED) is 0.715. The minimum absolute atomic E-state index is 0.114. The van der Waals surface area contributed by atoms with E-state index in [4.69, 9.17) is 15.9 Å². The number of hydrogen-bond acceptors (Lipinski definition) is 3. The first-order valence-electron chi connectivity index (χ1n) is 6.26. The molecule has 2 rings (SSSR count). The second-order valence-electron chi connectivity index (χ2n) is 5.05. The lowest BCUT2D eigenvalue weighted by Crippen LogP contribution is -2.36. The van der Waals surface area contributed by atoms with Crippen LogP contribution in [0.25, 0.3) is 0 Å². The van der Waals surface area contributed by atoms with Gasteiger partial charge in [0.2, 0.25) is 0 Å². The summed E-state index contributed by atoms with van der Waals surface area (Å²) in [5.41, 5.74) is 8.88. The van der Waals surface area contributed by atoms with Crippen LogP contribution in [0.1, 0.15) is 25.0 Å². The van der Waals surface area contributed by atoms with Crippen molar-refractivity contribution >= 4 is 11.9 Å². The molecule has 0 saturated heterocycles. The molecule has 0 bridgehead atoms. The van der Waals surface area contributed by atoms with Crippen molar-refractivity contribution in [2.45, 2.75) is 25.8 Å². The van der Waals surface area contributed by atoms with Crippen molar-refractivity contribution in [2.75, 3.05) is 0 Å². The Morgan fingerprint density at radius 1 is 1.25 bits per heavy atom. The third kappa shape index (κ3) is 3.93. The van der Waals surface area contributed by atoms with Crippen LogP contribution in [0.15, 0.2) is 36.4 Å². The topological polar surface area (TPSA) is 101 Å². The molecule has 0 amide bonds. The Kier molecular flexibility index (Phi) is 5.05. The van der Waals surface area contributed by atoms with E-state index in [1.807, 2.05) is 0 Å². The van der Waals surface area contributed by atoms with Crippen LogP contribution in [0.5, 0.6) is 0 Å². The SMILES string of the molecule is CC1Cc2ccccc2C1(C)N.O=C(O)/C=C/C(=O)O. The minimum Gasteiger partial charge on any atom is -0.478 e. The van der Waals surface area contributed by atoms with Gasteiger partial charge >= 0.3 is 11.9 Å². The highest BCUT2D eigenvalue weighted by atomic mass is 16.4. The van der Waals surface area contributed by atoms with E-state index in [9.17, 15) is 9.59 Å². The molecule has 108 valence electrons. The maximum atomic E-state index is 9.55. The van der Waals surface area contributed by atoms with E-state index in [0.717, 1.165) is 6.42 Å². The number of fused-ring (bicyclic) bond motifs is 1. The Morgan fingerprint density at radius 2 is 1.75 bits per heavy atom. The molecular formula is C15H19NO4. The van der Waals surface area contributed by atoms with E-state index in [0.29, 0.717) is 18.1 Å². The van der Waals surface area contributed by atoms with Gasteiger partial charge in [0.15, 0.2) is 0 Å². The molecule has 0 radical (unpaired) electrons. The zero-order valence-electron chi connectivity index (χ0n) is 11.5. The second-order valence-corrected chi connectivity index (χ2v) is 5.05. The summed E-state index contributed by atoms with van der Waals surface area (Å²) in [5.74, 6) is -1.95. The fraction of sp³-hybridized carbons (Fsp3) is 0.333. The smallest absolute Gasteiger partial charge is 0.328 e. The Morgan fingerprint density at radius 3 is 2.20 bits per heavy atom. The lowest BCUT2D eigenvalue weighted by Gasteiger charge is -2.24. The predicted molar refractivity (Wildman–Crippen MR) is 75.3 cm³/mol. The van der Waals surface area contributed by atoms with Crippen LogP contribution in [0.4, 0.5) is 0 Å². The number of aliphatic carboxylic acids is 2. The van der Waals surface area contributed by atoms with E-state index in [2.05, 4.69) is 38.1 Å². The summed E-state index contributed by atoms with van der Waals surface area (Å²) in [5, 5.41) is 15.6. The van der Waals surface area contributed by atoms with Crippen molar-refractivity contribution in [1.29, 1.82) is 0 Å². The van der Waals surface area contributed by atoms with Crippen molar-refractivity contribution in [3.8, 4) is 0 Å². The molecule has 0 aliphatic heterocycles. The maximum absolute atomic E-state index is 9.55. The predicted octanol–water partition coefficient (Wildman–Crippen LogP) is 1.76. The standard InChI is InChI=1S/C11H15N.C4H4O4/c1-8-7-9-5-3-4-6-10(9)11(8,2)12;5-3(6)1-2-4(7)8/h3-6,8H,7,12H2,1-2H3;1-2H,(H,5,6)(H,7,8)/b;2-1+. The third-order valence-corrected chi connectivity index (χ3v) is 3.52. The monoisotopic (exact) mass is 277 g/mol. The first kappa shape index (κ1) is 15.9. The normalized spacial score (nSPS) is 23.9. The molecule has 0 spiro atoms. The van der Waals surface area contributed by atoms with E-state index in [1.54, 1.807) is 0 Å². The van der Waals surface area contributed by atoms with Gasteiger partial charge in [0, 0.05) is 17.7 Å². The fourth-order valence-electron chi connectivity index (χ4n) is 2.17. The van der Waals surface area contributed by atoms with Gasteiger partial charge in [0.1, 0.15) is 0 Å². The Labute approximate surface area is 117 Å². The number of hydrogen-bond donors (Lipinski definition) is 3. The number of carboxylic acids is 2. The summed E-state index contributed by atoms with van der Waals surface area (Å²) in [4.78, 5) is 19.1. The Hall–Kier alpha value is -2.14. The van der Waals surface area contributed by atoms with Crippen molar-refractivity contribution in [3.05, 3.63) is 47.5 Å². The molecule has 1 aromatic carbocycles. The van der Waals surface area contributed by atoms with Crippen molar-refractivity contribution in [3.63, 3.8) is 0 Å². The van der Waals surface area contributed by atoms with Crippen LogP contribution in [0.2, 0.25) is 0 Å². The average Bonchev–Trinajstić information content (AvgIpc) is 2.59.